The van der Waals surface area contributed by atoms with Crippen molar-refractivity contribution in [1.82, 2.24) is 0 Å². The van der Waals surface area contributed by atoms with Crippen LogP contribution < -0.4 is 5.32 Å². The lowest BCUT2D eigenvalue weighted by atomic mass is 9.80. The lowest BCUT2D eigenvalue weighted by molar-refractivity contribution is -0.120. The van der Waals surface area contributed by atoms with E-state index in [1.54, 1.807) is 0 Å². The van der Waals surface area contributed by atoms with Gasteiger partial charge in [-0.3, -0.25) is 4.79 Å². The van der Waals surface area contributed by atoms with Crippen LogP contribution in [0.5, 0.6) is 0 Å². The van der Waals surface area contributed by atoms with Crippen molar-refractivity contribution in [3.05, 3.63) is 101 Å². The summed E-state index contributed by atoms with van der Waals surface area (Å²) in [7, 11) is 0. The van der Waals surface area contributed by atoms with Gasteiger partial charge in [-0.1, -0.05) is 72.8 Å². The third kappa shape index (κ3) is 2.21. The maximum Gasteiger partial charge on any atom is 0.229 e. The van der Waals surface area contributed by atoms with Crippen LogP contribution >= 0.6 is 0 Å². The molecular formula is C23H19NO. The van der Waals surface area contributed by atoms with Crippen LogP contribution in [-0.2, 0) is 11.2 Å². The molecule has 2 nitrogen and oxygen atoms in total. The number of amides is 1. The van der Waals surface area contributed by atoms with E-state index in [-0.39, 0.29) is 23.7 Å². The molecule has 1 aliphatic carbocycles. The average Bonchev–Trinajstić information content (AvgIpc) is 2.90. The Morgan fingerprint density at radius 1 is 0.760 bits per heavy atom. The summed E-state index contributed by atoms with van der Waals surface area (Å²) in [4.78, 5) is 13.2. The van der Waals surface area contributed by atoms with E-state index in [9.17, 15) is 4.79 Å². The molecule has 0 radical (unpaired) electrons. The summed E-state index contributed by atoms with van der Waals surface area (Å²) in [5.74, 6) is 0.425. The lowest BCUT2D eigenvalue weighted by Crippen LogP contribution is -2.28. The van der Waals surface area contributed by atoms with Crippen molar-refractivity contribution in [2.45, 2.75) is 18.3 Å². The zero-order valence-corrected chi connectivity index (χ0v) is 13.9. The normalized spacial score (nSPS) is 23.8. The van der Waals surface area contributed by atoms with Crippen molar-refractivity contribution in [3.8, 4) is 0 Å². The number of nitrogens with one attached hydrogen (secondary N) is 1. The van der Waals surface area contributed by atoms with Gasteiger partial charge in [0.15, 0.2) is 0 Å². The van der Waals surface area contributed by atoms with E-state index in [1.165, 1.54) is 22.3 Å². The van der Waals surface area contributed by atoms with Gasteiger partial charge in [-0.05, 0) is 34.7 Å². The first-order valence-corrected chi connectivity index (χ1v) is 8.85. The molecule has 2 heteroatoms. The van der Waals surface area contributed by atoms with Gasteiger partial charge in [0.2, 0.25) is 5.91 Å². The van der Waals surface area contributed by atoms with Crippen LogP contribution in [0.4, 0.5) is 5.69 Å². The zero-order chi connectivity index (χ0) is 16.8. The largest absolute Gasteiger partial charge is 0.326 e. The second-order valence-corrected chi connectivity index (χ2v) is 7.00. The number of anilines is 1. The molecule has 1 aliphatic heterocycles. The van der Waals surface area contributed by atoms with Gasteiger partial charge >= 0.3 is 0 Å². The van der Waals surface area contributed by atoms with Crippen molar-refractivity contribution in [2.75, 3.05) is 5.32 Å². The Balaban J connectivity index is 1.70. The summed E-state index contributed by atoms with van der Waals surface area (Å²) in [5.41, 5.74) is 6.05. The molecule has 0 bridgehead atoms. The second kappa shape index (κ2) is 5.59. The van der Waals surface area contributed by atoms with Crippen LogP contribution in [0.1, 0.15) is 34.1 Å². The highest BCUT2D eigenvalue weighted by molar-refractivity contribution is 5.96. The van der Waals surface area contributed by atoms with Crippen LogP contribution in [0.3, 0.4) is 0 Å². The third-order valence-corrected chi connectivity index (χ3v) is 5.70. The Kier molecular flexibility index (Phi) is 3.24. The number of rotatable bonds is 1. The predicted molar refractivity (Wildman–Crippen MR) is 99.7 cm³/mol. The minimum atomic E-state index is -0.0628. The Hall–Kier alpha value is -2.87. The van der Waals surface area contributed by atoms with Crippen LogP contribution in [-0.4, -0.2) is 5.91 Å². The topological polar surface area (TPSA) is 29.1 Å². The maximum absolute atomic E-state index is 13.2. The van der Waals surface area contributed by atoms with Crippen LogP contribution in [0.25, 0.3) is 0 Å². The molecule has 0 fully saturated rings. The molecule has 0 unspecified atom stereocenters. The Labute approximate surface area is 147 Å². The van der Waals surface area contributed by atoms with E-state index >= 15 is 0 Å². The molecule has 0 saturated heterocycles. The van der Waals surface area contributed by atoms with Crippen molar-refractivity contribution < 1.29 is 4.79 Å². The Morgan fingerprint density at radius 3 is 2.28 bits per heavy atom. The van der Waals surface area contributed by atoms with E-state index in [4.69, 9.17) is 0 Å². The number of hydrogen-bond acceptors (Lipinski definition) is 1. The van der Waals surface area contributed by atoms with E-state index in [0.29, 0.717) is 0 Å². The highest BCUT2D eigenvalue weighted by Crippen LogP contribution is 2.52. The minimum Gasteiger partial charge on any atom is -0.326 e. The fraction of sp³-hybridized carbons (Fsp3) is 0.174. The van der Waals surface area contributed by atoms with Crippen LogP contribution in [0.2, 0.25) is 0 Å². The molecule has 3 atom stereocenters. The molecule has 1 amide bonds. The van der Waals surface area contributed by atoms with Crippen molar-refractivity contribution in [2.24, 2.45) is 5.92 Å². The molecule has 25 heavy (non-hydrogen) atoms. The first-order valence-electron chi connectivity index (χ1n) is 8.85. The van der Waals surface area contributed by atoms with Gasteiger partial charge in [-0.15, -0.1) is 0 Å². The van der Waals surface area contributed by atoms with Crippen LogP contribution in [0.15, 0.2) is 78.9 Å². The summed E-state index contributed by atoms with van der Waals surface area (Å²) in [6.07, 6.45) is 0.903. The van der Waals surface area contributed by atoms with Crippen LogP contribution in [0, 0.1) is 5.92 Å². The molecule has 0 spiro atoms. The summed E-state index contributed by atoms with van der Waals surface area (Å²) >= 11 is 0. The number of carbonyl (C=O) groups excluding carboxylic acids is 1. The highest BCUT2D eigenvalue weighted by atomic mass is 16.2. The van der Waals surface area contributed by atoms with Crippen molar-refractivity contribution in [1.29, 1.82) is 0 Å². The number of benzene rings is 3. The summed E-state index contributed by atoms with van der Waals surface area (Å²) < 4.78 is 0. The van der Waals surface area contributed by atoms with Crippen molar-refractivity contribution >= 4 is 11.6 Å². The summed E-state index contributed by atoms with van der Waals surface area (Å²) in [5, 5.41) is 3.19. The molecule has 3 aromatic carbocycles. The fourth-order valence-electron chi connectivity index (χ4n) is 4.64. The van der Waals surface area contributed by atoms with Gasteiger partial charge in [-0.2, -0.15) is 0 Å². The number of carbonyl (C=O) groups is 1. The number of fused-ring (bicyclic) bond motifs is 4. The number of para-hydroxylation sites is 1. The lowest BCUT2D eigenvalue weighted by Gasteiger charge is -2.22. The highest BCUT2D eigenvalue weighted by Gasteiger charge is 2.46. The predicted octanol–water partition coefficient (Wildman–Crippen LogP) is 4.73. The first-order chi connectivity index (χ1) is 12.3. The minimum absolute atomic E-state index is 0.0628. The average molecular weight is 325 g/mol. The van der Waals surface area contributed by atoms with E-state index in [2.05, 4.69) is 66.0 Å². The zero-order valence-electron chi connectivity index (χ0n) is 13.9. The van der Waals surface area contributed by atoms with Gasteiger partial charge in [-0.25, -0.2) is 0 Å². The molecule has 2 aliphatic rings. The molecule has 5 rings (SSSR count). The van der Waals surface area contributed by atoms with E-state index in [0.717, 1.165) is 12.1 Å². The van der Waals surface area contributed by atoms with Gasteiger partial charge in [0.1, 0.15) is 0 Å². The van der Waals surface area contributed by atoms with Crippen molar-refractivity contribution in [3.63, 3.8) is 0 Å². The molecule has 122 valence electrons. The van der Waals surface area contributed by atoms with Gasteiger partial charge in [0.25, 0.3) is 0 Å². The Bertz CT molecular complexity index is 947. The van der Waals surface area contributed by atoms with Gasteiger partial charge in [0.05, 0.1) is 5.92 Å². The molecule has 0 saturated carbocycles. The van der Waals surface area contributed by atoms with Gasteiger partial charge < -0.3 is 5.32 Å². The Morgan fingerprint density at radius 2 is 1.44 bits per heavy atom. The standard InChI is InChI=1S/C23H19NO/c25-23-22-19(14-16-10-4-7-13-20(16)24-23)17-11-5-6-12-18(17)21(22)15-8-2-1-3-9-15/h1-13,19,21-22H,14H2,(H,24,25)/t19-,21+,22+/m1/s1. The van der Waals surface area contributed by atoms with E-state index < -0.39 is 0 Å². The third-order valence-electron chi connectivity index (χ3n) is 5.70. The SMILES string of the molecule is O=C1Nc2ccccc2C[C@@H]2c3ccccc3[C@H](c3ccccc3)[C@@H]12. The molecular weight excluding hydrogens is 306 g/mol. The summed E-state index contributed by atoms with van der Waals surface area (Å²) in [6, 6.07) is 27.2. The fourth-order valence-corrected chi connectivity index (χ4v) is 4.64. The second-order valence-electron chi connectivity index (χ2n) is 7.00. The molecule has 1 N–H and O–H groups in total. The molecule has 1 heterocycles. The molecule has 3 aromatic rings. The first kappa shape index (κ1) is 14.5. The quantitative estimate of drug-likeness (QED) is 0.689. The monoisotopic (exact) mass is 325 g/mol. The number of hydrogen-bond donors (Lipinski definition) is 1. The van der Waals surface area contributed by atoms with E-state index in [1.807, 2.05) is 18.2 Å². The smallest absolute Gasteiger partial charge is 0.229 e. The summed E-state index contributed by atoms with van der Waals surface area (Å²) in [6.45, 7) is 0. The van der Waals surface area contributed by atoms with Gasteiger partial charge in [0, 0.05) is 17.5 Å². The molecule has 0 aromatic heterocycles. The maximum atomic E-state index is 13.2.